The number of rotatable bonds is 5. The van der Waals surface area contributed by atoms with Gasteiger partial charge in [-0.25, -0.2) is 4.98 Å². The quantitative estimate of drug-likeness (QED) is 0.605. The Balaban J connectivity index is 1.61. The first-order valence-corrected chi connectivity index (χ1v) is 10.7. The molecule has 1 amide bonds. The first-order chi connectivity index (χ1) is 13.7. The van der Waals surface area contributed by atoms with Crippen molar-refractivity contribution in [1.29, 1.82) is 0 Å². The number of carbonyl (C=O) groups excluding carboxylic acids is 1. The van der Waals surface area contributed by atoms with E-state index in [0.717, 1.165) is 53.5 Å². The summed E-state index contributed by atoms with van der Waals surface area (Å²) in [5, 5.41) is 3.57. The molecule has 1 saturated heterocycles. The van der Waals surface area contributed by atoms with E-state index >= 15 is 0 Å². The molecule has 0 spiro atoms. The molecule has 2 aromatic carbocycles. The maximum atomic E-state index is 12.5. The van der Waals surface area contributed by atoms with Crippen molar-refractivity contribution >= 4 is 38.3 Å². The van der Waals surface area contributed by atoms with E-state index in [4.69, 9.17) is 9.72 Å². The van der Waals surface area contributed by atoms with Gasteiger partial charge in [-0.3, -0.25) is 15.0 Å². The van der Waals surface area contributed by atoms with Crippen molar-refractivity contribution in [2.75, 3.05) is 31.6 Å². The second-order valence-electron chi connectivity index (χ2n) is 6.51. The van der Waals surface area contributed by atoms with Crippen molar-refractivity contribution in [3.8, 4) is 11.3 Å². The van der Waals surface area contributed by atoms with Gasteiger partial charge in [0.2, 0.25) is 0 Å². The van der Waals surface area contributed by atoms with Crippen molar-refractivity contribution in [1.82, 2.24) is 9.88 Å². The van der Waals surface area contributed by atoms with Gasteiger partial charge in [-0.05, 0) is 24.3 Å². The zero-order valence-electron chi connectivity index (χ0n) is 15.2. The molecular weight excluding hydrogens is 438 g/mol. The van der Waals surface area contributed by atoms with Gasteiger partial charge in [-0.2, -0.15) is 0 Å². The normalized spacial score (nSPS) is 14.8. The lowest BCUT2D eigenvalue weighted by Crippen LogP contribution is -2.35. The third kappa shape index (κ3) is 4.67. The number of ether oxygens (including phenoxy) is 1. The highest BCUT2D eigenvalue weighted by Crippen LogP contribution is 2.33. The highest BCUT2D eigenvalue weighted by molar-refractivity contribution is 9.10. The number of hydrogen-bond acceptors (Lipinski definition) is 5. The number of nitrogens with one attached hydrogen (secondary N) is 1. The van der Waals surface area contributed by atoms with E-state index in [1.165, 1.54) is 11.3 Å². The third-order valence-electron chi connectivity index (χ3n) is 4.54. The SMILES string of the molecule is O=C(Nc1nc(-c2ccc(Br)cc2)c(CN2CCOCC2)s1)c1ccccc1. The smallest absolute Gasteiger partial charge is 0.257 e. The molecule has 4 rings (SSSR count). The topological polar surface area (TPSA) is 54.5 Å². The summed E-state index contributed by atoms with van der Waals surface area (Å²) < 4.78 is 6.48. The molecule has 1 aliphatic heterocycles. The molecule has 0 radical (unpaired) electrons. The minimum Gasteiger partial charge on any atom is -0.379 e. The van der Waals surface area contributed by atoms with Crippen LogP contribution in [0, 0.1) is 0 Å². The van der Waals surface area contributed by atoms with E-state index < -0.39 is 0 Å². The minimum atomic E-state index is -0.144. The lowest BCUT2D eigenvalue weighted by Gasteiger charge is -2.26. The van der Waals surface area contributed by atoms with Crippen molar-refractivity contribution in [2.45, 2.75) is 6.54 Å². The highest BCUT2D eigenvalue weighted by Gasteiger charge is 2.19. The zero-order chi connectivity index (χ0) is 19.3. The average molecular weight is 458 g/mol. The summed E-state index contributed by atoms with van der Waals surface area (Å²) in [4.78, 5) is 20.8. The minimum absolute atomic E-state index is 0.144. The Hall–Kier alpha value is -2.06. The van der Waals surface area contributed by atoms with Gasteiger partial charge in [0, 0.05) is 40.1 Å². The maximum absolute atomic E-state index is 12.5. The Kier molecular flexibility index (Phi) is 6.17. The molecule has 1 aliphatic rings. The molecule has 2 heterocycles. The van der Waals surface area contributed by atoms with Gasteiger partial charge in [-0.1, -0.05) is 57.6 Å². The molecule has 1 N–H and O–H groups in total. The van der Waals surface area contributed by atoms with Crippen LogP contribution < -0.4 is 5.32 Å². The van der Waals surface area contributed by atoms with Crippen molar-refractivity contribution < 1.29 is 9.53 Å². The molecule has 0 bridgehead atoms. The molecule has 7 heteroatoms. The van der Waals surface area contributed by atoms with E-state index in [1.54, 1.807) is 12.1 Å². The molecular formula is C21H20BrN3O2S. The maximum Gasteiger partial charge on any atom is 0.257 e. The fourth-order valence-electron chi connectivity index (χ4n) is 3.07. The third-order valence-corrected chi connectivity index (χ3v) is 6.03. The van der Waals surface area contributed by atoms with Crippen LogP contribution in [-0.4, -0.2) is 42.1 Å². The first-order valence-electron chi connectivity index (χ1n) is 9.11. The molecule has 1 aromatic heterocycles. The van der Waals surface area contributed by atoms with Crippen LogP contribution in [0.25, 0.3) is 11.3 Å². The number of thiazole rings is 1. The highest BCUT2D eigenvalue weighted by atomic mass is 79.9. The number of halogens is 1. The number of morpholine rings is 1. The fraction of sp³-hybridized carbons (Fsp3) is 0.238. The number of carbonyl (C=O) groups is 1. The second-order valence-corrected chi connectivity index (χ2v) is 8.51. The molecule has 144 valence electrons. The van der Waals surface area contributed by atoms with Crippen molar-refractivity contribution in [3.05, 3.63) is 69.5 Å². The predicted octanol–water partition coefficient (Wildman–Crippen LogP) is 4.66. The number of nitrogens with zero attached hydrogens (tertiary/aromatic N) is 2. The largest absolute Gasteiger partial charge is 0.379 e. The number of anilines is 1. The Labute approximate surface area is 176 Å². The van der Waals surface area contributed by atoms with Crippen molar-refractivity contribution in [2.24, 2.45) is 0 Å². The molecule has 28 heavy (non-hydrogen) atoms. The monoisotopic (exact) mass is 457 g/mol. The average Bonchev–Trinajstić information content (AvgIpc) is 3.12. The van der Waals surface area contributed by atoms with Crippen molar-refractivity contribution in [3.63, 3.8) is 0 Å². The van der Waals surface area contributed by atoms with Gasteiger partial charge in [0.05, 0.1) is 18.9 Å². The lowest BCUT2D eigenvalue weighted by molar-refractivity contribution is 0.0347. The standard InChI is InChI=1S/C21H20BrN3O2S/c22-17-8-6-15(7-9-17)19-18(14-25-10-12-27-13-11-25)28-21(23-19)24-20(26)16-4-2-1-3-5-16/h1-9H,10-14H2,(H,23,24,26). The summed E-state index contributed by atoms with van der Waals surface area (Å²) in [5.74, 6) is -0.144. The summed E-state index contributed by atoms with van der Waals surface area (Å²) in [6.45, 7) is 4.12. The van der Waals surface area contributed by atoms with Gasteiger partial charge >= 0.3 is 0 Å². The fourth-order valence-corrected chi connectivity index (χ4v) is 4.35. The van der Waals surface area contributed by atoms with E-state index in [1.807, 2.05) is 42.5 Å². The molecule has 0 atom stereocenters. The summed E-state index contributed by atoms with van der Waals surface area (Å²) in [6, 6.07) is 17.3. The van der Waals surface area contributed by atoms with Crippen LogP contribution in [0.4, 0.5) is 5.13 Å². The van der Waals surface area contributed by atoms with Gasteiger partial charge in [0.25, 0.3) is 5.91 Å². The summed E-state index contributed by atoms with van der Waals surface area (Å²) in [5.41, 5.74) is 2.59. The number of amides is 1. The Morgan fingerprint density at radius 1 is 1.11 bits per heavy atom. The zero-order valence-corrected chi connectivity index (χ0v) is 17.6. The molecule has 1 fully saturated rings. The van der Waals surface area contributed by atoms with Gasteiger partial charge in [0.15, 0.2) is 5.13 Å². The van der Waals surface area contributed by atoms with Crippen LogP contribution in [0.15, 0.2) is 59.1 Å². The predicted molar refractivity (Wildman–Crippen MR) is 116 cm³/mol. The molecule has 3 aromatic rings. The molecule has 0 saturated carbocycles. The van der Waals surface area contributed by atoms with E-state index in [9.17, 15) is 4.79 Å². The van der Waals surface area contributed by atoms with Crippen LogP contribution >= 0.6 is 27.3 Å². The van der Waals surface area contributed by atoms with E-state index in [0.29, 0.717) is 10.7 Å². The van der Waals surface area contributed by atoms with Crippen LogP contribution in [0.5, 0.6) is 0 Å². The lowest BCUT2D eigenvalue weighted by atomic mass is 10.1. The van der Waals surface area contributed by atoms with Crippen LogP contribution in [0.2, 0.25) is 0 Å². The Morgan fingerprint density at radius 3 is 2.54 bits per heavy atom. The first kappa shape index (κ1) is 19.3. The van der Waals surface area contributed by atoms with Crippen LogP contribution in [0.1, 0.15) is 15.2 Å². The summed E-state index contributed by atoms with van der Waals surface area (Å²) >= 11 is 5.02. The van der Waals surface area contributed by atoms with Gasteiger partial charge < -0.3 is 4.74 Å². The van der Waals surface area contributed by atoms with Gasteiger partial charge in [0.1, 0.15) is 0 Å². The van der Waals surface area contributed by atoms with Crippen LogP contribution in [0.3, 0.4) is 0 Å². The number of benzene rings is 2. The van der Waals surface area contributed by atoms with E-state index in [-0.39, 0.29) is 5.91 Å². The van der Waals surface area contributed by atoms with Gasteiger partial charge in [-0.15, -0.1) is 0 Å². The molecule has 0 unspecified atom stereocenters. The molecule has 5 nitrogen and oxygen atoms in total. The number of hydrogen-bond donors (Lipinski definition) is 1. The Morgan fingerprint density at radius 2 is 1.82 bits per heavy atom. The molecule has 0 aliphatic carbocycles. The Bertz CT molecular complexity index is 938. The van der Waals surface area contributed by atoms with E-state index in [2.05, 4.69) is 26.1 Å². The van der Waals surface area contributed by atoms with Crippen LogP contribution in [-0.2, 0) is 11.3 Å². The second kappa shape index (κ2) is 8.96. The summed E-state index contributed by atoms with van der Waals surface area (Å²) in [7, 11) is 0. The summed E-state index contributed by atoms with van der Waals surface area (Å²) in [6.07, 6.45) is 0. The number of aromatic nitrogens is 1.